The summed E-state index contributed by atoms with van der Waals surface area (Å²) in [5.74, 6) is -1.69. The first kappa shape index (κ1) is 17.2. The van der Waals surface area contributed by atoms with Crippen LogP contribution >= 0.6 is 11.3 Å². The van der Waals surface area contributed by atoms with Crippen LogP contribution < -0.4 is 5.32 Å². The van der Waals surface area contributed by atoms with Crippen molar-refractivity contribution in [1.82, 2.24) is 5.32 Å². The quantitative estimate of drug-likeness (QED) is 0.773. The van der Waals surface area contributed by atoms with Gasteiger partial charge in [0.1, 0.15) is 6.04 Å². The predicted octanol–water partition coefficient (Wildman–Crippen LogP) is 1.61. The van der Waals surface area contributed by atoms with E-state index in [9.17, 15) is 14.4 Å². The summed E-state index contributed by atoms with van der Waals surface area (Å²) in [6, 6.07) is 0.869. The van der Waals surface area contributed by atoms with Crippen LogP contribution in [0.2, 0.25) is 0 Å². The average Bonchev–Trinajstić information content (AvgIpc) is 3.03. The second kappa shape index (κ2) is 8.41. The maximum atomic E-state index is 11.8. The highest BCUT2D eigenvalue weighted by molar-refractivity contribution is 7.08. The molecular weight excluding hydrogens is 294 g/mol. The SMILES string of the molecule is CC[C@H](C)[C@@H](NC(=O)COC(=O)c1ccsc1)C(=O)OC. The fourth-order valence-electron chi connectivity index (χ4n) is 1.61. The van der Waals surface area contributed by atoms with E-state index in [-0.39, 0.29) is 5.92 Å². The monoisotopic (exact) mass is 313 g/mol. The summed E-state index contributed by atoms with van der Waals surface area (Å²) < 4.78 is 9.54. The van der Waals surface area contributed by atoms with Gasteiger partial charge in [-0.15, -0.1) is 0 Å². The molecule has 7 heteroatoms. The van der Waals surface area contributed by atoms with E-state index in [1.807, 2.05) is 13.8 Å². The molecule has 0 bridgehead atoms. The zero-order chi connectivity index (χ0) is 15.8. The van der Waals surface area contributed by atoms with Gasteiger partial charge in [0.2, 0.25) is 0 Å². The Morgan fingerprint density at radius 1 is 1.38 bits per heavy atom. The van der Waals surface area contributed by atoms with E-state index in [1.54, 1.807) is 16.8 Å². The molecule has 116 valence electrons. The molecule has 0 aliphatic heterocycles. The summed E-state index contributed by atoms with van der Waals surface area (Å²) in [6.07, 6.45) is 0.703. The maximum absolute atomic E-state index is 11.8. The number of hydrogen-bond acceptors (Lipinski definition) is 6. The normalized spacial score (nSPS) is 13.1. The molecule has 0 aliphatic rings. The van der Waals surface area contributed by atoms with Gasteiger partial charge in [-0.25, -0.2) is 9.59 Å². The Morgan fingerprint density at radius 2 is 2.10 bits per heavy atom. The molecule has 2 atom stereocenters. The molecule has 1 N–H and O–H groups in total. The fourth-order valence-corrected chi connectivity index (χ4v) is 2.23. The smallest absolute Gasteiger partial charge is 0.339 e. The molecule has 0 saturated carbocycles. The molecule has 21 heavy (non-hydrogen) atoms. The number of thiophene rings is 1. The molecule has 0 radical (unpaired) electrons. The van der Waals surface area contributed by atoms with E-state index in [0.717, 1.165) is 0 Å². The summed E-state index contributed by atoms with van der Waals surface area (Å²) in [5, 5.41) is 5.91. The van der Waals surface area contributed by atoms with Crippen molar-refractivity contribution in [2.75, 3.05) is 13.7 Å². The lowest BCUT2D eigenvalue weighted by atomic mass is 9.99. The highest BCUT2D eigenvalue weighted by atomic mass is 32.1. The van der Waals surface area contributed by atoms with Crippen molar-refractivity contribution in [3.05, 3.63) is 22.4 Å². The molecule has 0 fully saturated rings. The van der Waals surface area contributed by atoms with Crippen LogP contribution in [0.5, 0.6) is 0 Å². The van der Waals surface area contributed by atoms with Crippen LogP contribution in [0.25, 0.3) is 0 Å². The second-order valence-corrected chi connectivity index (χ2v) is 5.32. The highest BCUT2D eigenvalue weighted by Crippen LogP contribution is 2.10. The third-order valence-corrected chi connectivity index (χ3v) is 3.76. The van der Waals surface area contributed by atoms with Crippen LogP contribution in [0.1, 0.15) is 30.6 Å². The van der Waals surface area contributed by atoms with Crippen molar-refractivity contribution in [1.29, 1.82) is 0 Å². The molecule has 0 spiro atoms. The number of ether oxygens (including phenoxy) is 2. The predicted molar refractivity (Wildman–Crippen MR) is 78.0 cm³/mol. The minimum Gasteiger partial charge on any atom is -0.467 e. The molecule has 0 aromatic carbocycles. The number of nitrogens with one attached hydrogen (secondary N) is 1. The Bertz CT molecular complexity index is 486. The Kier molecular flexibility index (Phi) is 6.87. The van der Waals surface area contributed by atoms with Crippen molar-refractivity contribution < 1.29 is 23.9 Å². The lowest BCUT2D eigenvalue weighted by molar-refractivity contribution is -0.147. The number of hydrogen-bond donors (Lipinski definition) is 1. The van der Waals surface area contributed by atoms with Crippen molar-refractivity contribution in [3.63, 3.8) is 0 Å². The summed E-state index contributed by atoms with van der Waals surface area (Å²) in [4.78, 5) is 35.0. The molecule has 1 aromatic heterocycles. The zero-order valence-electron chi connectivity index (χ0n) is 12.3. The van der Waals surface area contributed by atoms with Gasteiger partial charge in [-0.3, -0.25) is 4.79 Å². The van der Waals surface area contributed by atoms with Gasteiger partial charge in [0.15, 0.2) is 6.61 Å². The lowest BCUT2D eigenvalue weighted by Crippen LogP contribution is -2.47. The Labute approximate surface area is 127 Å². The van der Waals surface area contributed by atoms with Gasteiger partial charge in [-0.05, 0) is 17.4 Å². The number of methoxy groups -OCH3 is 1. The molecule has 0 saturated heterocycles. The third kappa shape index (κ3) is 5.18. The van der Waals surface area contributed by atoms with E-state index < -0.39 is 30.5 Å². The molecule has 1 amide bonds. The Hall–Kier alpha value is -1.89. The van der Waals surface area contributed by atoms with Crippen LogP contribution in [0.4, 0.5) is 0 Å². The maximum Gasteiger partial charge on any atom is 0.339 e. The topological polar surface area (TPSA) is 81.7 Å². The summed E-state index contributed by atoms with van der Waals surface area (Å²) in [7, 11) is 1.26. The van der Waals surface area contributed by atoms with Gasteiger partial charge in [-0.2, -0.15) is 11.3 Å². The highest BCUT2D eigenvalue weighted by Gasteiger charge is 2.26. The van der Waals surface area contributed by atoms with Crippen LogP contribution in [-0.4, -0.2) is 37.6 Å². The van der Waals surface area contributed by atoms with Crippen LogP contribution in [0.3, 0.4) is 0 Å². The van der Waals surface area contributed by atoms with E-state index >= 15 is 0 Å². The zero-order valence-corrected chi connectivity index (χ0v) is 13.1. The molecular formula is C14H19NO5S. The molecule has 6 nitrogen and oxygen atoms in total. The average molecular weight is 313 g/mol. The second-order valence-electron chi connectivity index (χ2n) is 4.54. The fraction of sp³-hybridized carbons (Fsp3) is 0.500. The first-order chi connectivity index (χ1) is 9.99. The van der Waals surface area contributed by atoms with E-state index in [2.05, 4.69) is 10.1 Å². The van der Waals surface area contributed by atoms with E-state index in [1.165, 1.54) is 18.4 Å². The van der Waals surface area contributed by atoms with Crippen LogP contribution in [-0.2, 0) is 19.1 Å². The first-order valence-electron chi connectivity index (χ1n) is 6.56. The standard InChI is InChI=1S/C14H19NO5S/c1-4-9(2)12(14(18)19-3)15-11(16)7-20-13(17)10-5-6-21-8-10/h5-6,8-9,12H,4,7H2,1-3H3,(H,15,16)/t9-,12+/m0/s1. The Morgan fingerprint density at radius 3 is 2.62 bits per heavy atom. The molecule has 0 aliphatic carbocycles. The van der Waals surface area contributed by atoms with Crippen LogP contribution in [0.15, 0.2) is 16.8 Å². The largest absolute Gasteiger partial charge is 0.467 e. The van der Waals surface area contributed by atoms with Gasteiger partial charge < -0.3 is 14.8 Å². The van der Waals surface area contributed by atoms with Gasteiger partial charge >= 0.3 is 11.9 Å². The van der Waals surface area contributed by atoms with E-state index in [0.29, 0.717) is 12.0 Å². The van der Waals surface area contributed by atoms with Crippen molar-refractivity contribution in [2.24, 2.45) is 5.92 Å². The molecule has 1 rings (SSSR count). The molecule has 1 aromatic rings. The Balaban J connectivity index is 2.50. The van der Waals surface area contributed by atoms with Gasteiger partial charge in [-0.1, -0.05) is 20.3 Å². The molecule has 0 unspecified atom stereocenters. The van der Waals surface area contributed by atoms with Gasteiger partial charge in [0, 0.05) is 5.38 Å². The van der Waals surface area contributed by atoms with Crippen molar-refractivity contribution >= 4 is 29.2 Å². The molecule has 1 heterocycles. The van der Waals surface area contributed by atoms with E-state index in [4.69, 9.17) is 4.74 Å². The van der Waals surface area contributed by atoms with Crippen molar-refractivity contribution in [3.8, 4) is 0 Å². The van der Waals surface area contributed by atoms with Crippen molar-refractivity contribution in [2.45, 2.75) is 26.3 Å². The van der Waals surface area contributed by atoms with Gasteiger partial charge in [0.05, 0.1) is 12.7 Å². The lowest BCUT2D eigenvalue weighted by Gasteiger charge is -2.21. The van der Waals surface area contributed by atoms with Gasteiger partial charge in [0.25, 0.3) is 5.91 Å². The third-order valence-electron chi connectivity index (χ3n) is 3.08. The van der Waals surface area contributed by atoms with Crippen LogP contribution in [0, 0.1) is 5.92 Å². The number of esters is 2. The minimum absolute atomic E-state index is 0.0750. The number of carbonyl (C=O) groups is 3. The first-order valence-corrected chi connectivity index (χ1v) is 7.50. The number of amides is 1. The minimum atomic E-state index is -0.743. The number of carbonyl (C=O) groups excluding carboxylic acids is 3. The number of rotatable bonds is 7. The summed E-state index contributed by atoms with van der Waals surface area (Å²) >= 11 is 1.36. The summed E-state index contributed by atoms with van der Waals surface area (Å²) in [6.45, 7) is 3.31. The summed E-state index contributed by atoms with van der Waals surface area (Å²) in [5.41, 5.74) is 0.402.